The van der Waals surface area contributed by atoms with E-state index in [1.165, 1.54) is 0 Å². The molecule has 1 fully saturated rings. The van der Waals surface area contributed by atoms with Crippen molar-refractivity contribution >= 4 is 23.8 Å². The Morgan fingerprint density at radius 1 is 0.971 bits per heavy atom. The minimum absolute atomic E-state index is 0.362. The fourth-order valence-electron chi connectivity index (χ4n) is 3.97. The van der Waals surface area contributed by atoms with Gasteiger partial charge in [-0.25, -0.2) is 4.79 Å². The third-order valence-electron chi connectivity index (χ3n) is 6.45. The molecular weight excluding hydrogens is 450 g/mol. The molecule has 1 heterocycles. The number of carbonyl (C=O) groups is 4. The van der Waals surface area contributed by atoms with Gasteiger partial charge in [0.2, 0.25) is 0 Å². The Morgan fingerprint density at radius 3 is 2.26 bits per heavy atom. The number of benzene rings is 1. The van der Waals surface area contributed by atoms with Crippen molar-refractivity contribution in [2.75, 3.05) is 0 Å². The summed E-state index contributed by atoms with van der Waals surface area (Å²) in [5.41, 5.74) is 0.362. The van der Waals surface area contributed by atoms with Crippen molar-refractivity contribution in [3.8, 4) is 0 Å². The largest absolute Gasteiger partial charge is 0.460 e. The average Bonchev–Trinajstić information content (AvgIpc) is 2.87. The van der Waals surface area contributed by atoms with Crippen LogP contribution in [0.25, 0.3) is 0 Å². The minimum Gasteiger partial charge on any atom is -0.460 e. The molecule has 6 unspecified atom stereocenters. The molecule has 8 heteroatoms. The van der Waals surface area contributed by atoms with Crippen LogP contribution in [0.3, 0.4) is 0 Å². The normalized spacial score (nSPS) is 25.8. The zero-order valence-corrected chi connectivity index (χ0v) is 21.5. The zero-order chi connectivity index (χ0) is 26.0. The summed E-state index contributed by atoms with van der Waals surface area (Å²) < 4.78 is 17.1. The quantitative estimate of drug-likeness (QED) is 0.298. The number of amides is 1. The van der Waals surface area contributed by atoms with E-state index in [9.17, 15) is 19.2 Å². The van der Waals surface area contributed by atoms with E-state index in [1.807, 2.05) is 6.92 Å². The van der Waals surface area contributed by atoms with Gasteiger partial charge in [-0.05, 0) is 38.8 Å². The summed E-state index contributed by atoms with van der Waals surface area (Å²) in [6.45, 7) is 8.86. The first-order chi connectivity index (χ1) is 16.7. The Balaban J connectivity index is 2.30. The molecule has 1 amide bonds. The van der Waals surface area contributed by atoms with Crippen LogP contribution in [0, 0.1) is 11.8 Å². The van der Waals surface area contributed by atoms with Gasteiger partial charge in [-0.15, -0.1) is 0 Å². The molecule has 2 rings (SSSR count). The number of nitrogens with one attached hydrogen (secondary N) is 1. The summed E-state index contributed by atoms with van der Waals surface area (Å²) in [4.78, 5) is 51.7. The van der Waals surface area contributed by atoms with Crippen molar-refractivity contribution in [2.24, 2.45) is 11.8 Å². The second-order valence-electron chi connectivity index (χ2n) is 9.27. The molecule has 1 aliphatic rings. The maximum atomic E-state index is 13.3. The smallest absolute Gasteiger partial charge is 0.332 e. The highest BCUT2D eigenvalue weighted by molar-refractivity contribution is 5.97. The van der Waals surface area contributed by atoms with E-state index in [1.54, 1.807) is 51.1 Å². The number of carbonyl (C=O) groups excluding carboxylic acids is 4. The van der Waals surface area contributed by atoms with Crippen molar-refractivity contribution < 1.29 is 33.4 Å². The molecule has 1 saturated heterocycles. The van der Waals surface area contributed by atoms with E-state index in [0.29, 0.717) is 18.4 Å². The molecule has 1 aromatic rings. The third kappa shape index (κ3) is 8.08. The summed E-state index contributed by atoms with van der Waals surface area (Å²) in [6, 6.07) is 7.22. The Bertz CT molecular complexity index is 856. The van der Waals surface area contributed by atoms with Crippen LogP contribution in [-0.4, -0.2) is 48.2 Å². The second-order valence-corrected chi connectivity index (χ2v) is 9.27. The maximum absolute atomic E-state index is 13.3. The summed E-state index contributed by atoms with van der Waals surface area (Å²) in [5, 5.41) is 2.63. The molecule has 35 heavy (non-hydrogen) atoms. The molecule has 1 aromatic carbocycles. The van der Waals surface area contributed by atoms with E-state index < -0.39 is 54.1 Å². The van der Waals surface area contributed by atoms with Gasteiger partial charge in [0.25, 0.3) is 5.91 Å². The fourth-order valence-corrected chi connectivity index (χ4v) is 3.97. The van der Waals surface area contributed by atoms with Crippen LogP contribution in [-0.2, 0) is 28.6 Å². The minimum atomic E-state index is -1.21. The SMILES string of the molecule is CCCCCCC1C(=O)OC(C)C(NC(=O)c2ccccc2)C(=O)OC(C)C1OC(=O)C(C)CC. The number of unbranched alkanes of at least 4 members (excludes halogenated alkanes) is 3. The Hall–Kier alpha value is -2.90. The highest BCUT2D eigenvalue weighted by atomic mass is 16.6. The number of hydrogen-bond acceptors (Lipinski definition) is 7. The number of ether oxygens (including phenoxy) is 3. The summed E-state index contributed by atoms with van der Waals surface area (Å²) in [7, 11) is 0. The number of hydrogen-bond donors (Lipinski definition) is 1. The van der Waals surface area contributed by atoms with E-state index in [-0.39, 0.29) is 5.92 Å². The van der Waals surface area contributed by atoms with Gasteiger partial charge in [-0.3, -0.25) is 14.4 Å². The van der Waals surface area contributed by atoms with Gasteiger partial charge in [0.15, 0.2) is 12.1 Å². The fraction of sp³-hybridized carbons (Fsp3) is 0.630. The van der Waals surface area contributed by atoms with Gasteiger partial charge < -0.3 is 19.5 Å². The van der Waals surface area contributed by atoms with Crippen molar-refractivity contribution in [3.63, 3.8) is 0 Å². The first-order valence-electron chi connectivity index (χ1n) is 12.7. The van der Waals surface area contributed by atoms with Gasteiger partial charge in [0.05, 0.1) is 11.8 Å². The van der Waals surface area contributed by atoms with E-state index in [0.717, 1.165) is 25.7 Å². The monoisotopic (exact) mass is 489 g/mol. The molecule has 8 nitrogen and oxygen atoms in total. The van der Waals surface area contributed by atoms with Gasteiger partial charge in [0, 0.05) is 5.56 Å². The van der Waals surface area contributed by atoms with Crippen LogP contribution in [0.2, 0.25) is 0 Å². The number of cyclic esters (lactones) is 2. The molecule has 194 valence electrons. The third-order valence-corrected chi connectivity index (χ3v) is 6.45. The summed E-state index contributed by atoms with van der Waals surface area (Å²) >= 11 is 0. The zero-order valence-electron chi connectivity index (χ0n) is 21.5. The van der Waals surface area contributed by atoms with Crippen LogP contribution in [0.1, 0.15) is 83.5 Å². The molecular formula is C27H39NO7. The molecule has 0 radical (unpaired) electrons. The highest BCUT2D eigenvalue weighted by Gasteiger charge is 2.44. The summed E-state index contributed by atoms with van der Waals surface area (Å²) in [6.07, 6.45) is 1.88. The van der Waals surface area contributed by atoms with Crippen molar-refractivity contribution in [3.05, 3.63) is 35.9 Å². The lowest BCUT2D eigenvalue weighted by molar-refractivity contribution is -0.177. The van der Waals surface area contributed by atoms with Crippen LogP contribution < -0.4 is 5.32 Å². The van der Waals surface area contributed by atoms with Crippen LogP contribution >= 0.6 is 0 Å². The molecule has 0 aliphatic carbocycles. The Labute approximate surface area is 208 Å². The highest BCUT2D eigenvalue weighted by Crippen LogP contribution is 2.27. The van der Waals surface area contributed by atoms with Crippen LogP contribution in [0.15, 0.2) is 30.3 Å². The van der Waals surface area contributed by atoms with E-state index in [4.69, 9.17) is 14.2 Å². The molecule has 6 atom stereocenters. The van der Waals surface area contributed by atoms with Gasteiger partial charge in [0.1, 0.15) is 12.2 Å². The Kier molecular flexibility index (Phi) is 11.2. The summed E-state index contributed by atoms with van der Waals surface area (Å²) in [5.74, 6) is -3.41. The van der Waals surface area contributed by atoms with E-state index >= 15 is 0 Å². The topological polar surface area (TPSA) is 108 Å². The predicted molar refractivity (Wildman–Crippen MR) is 130 cm³/mol. The van der Waals surface area contributed by atoms with Crippen molar-refractivity contribution in [2.45, 2.75) is 97.5 Å². The lowest BCUT2D eigenvalue weighted by atomic mass is 9.91. The lowest BCUT2D eigenvalue weighted by Crippen LogP contribution is -2.50. The molecule has 0 bridgehead atoms. The second kappa shape index (κ2) is 13.9. The van der Waals surface area contributed by atoms with Crippen molar-refractivity contribution in [1.82, 2.24) is 5.32 Å². The number of esters is 3. The molecule has 0 aromatic heterocycles. The first kappa shape index (κ1) is 28.3. The van der Waals surface area contributed by atoms with Gasteiger partial charge in [-0.1, -0.05) is 64.7 Å². The van der Waals surface area contributed by atoms with E-state index in [2.05, 4.69) is 12.2 Å². The predicted octanol–water partition coefficient (Wildman–Crippen LogP) is 4.21. The van der Waals surface area contributed by atoms with Gasteiger partial charge >= 0.3 is 17.9 Å². The lowest BCUT2D eigenvalue weighted by Gasteiger charge is -2.30. The average molecular weight is 490 g/mol. The molecule has 1 N–H and O–H groups in total. The molecule has 0 spiro atoms. The van der Waals surface area contributed by atoms with Crippen molar-refractivity contribution in [1.29, 1.82) is 0 Å². The van der Waals surface area contributed by atoms with Crippen LogP contribution in [0.4, 0.5) is 0 Å². The first-order valence-corrected chi connectivity index (χ1v) is 12.7. The standard InChI is InChI=1S/C27H39NO7/c1-6-8-9-13-16-21-23(35-25(30)17(3)7-2)19(5)34-27(32)22(18(4)33-26(21)31)28-24(29)20-14-11-10-12-15-20/h10-12,14-15,17-19,21-23H,6-9,13,16H2,1-5H3,(H,28,29). The molecule has 0 saturated carbocycles. The van der Waals surface area contributed by atoms with Crippen LogP contribution in [0.5, 0.6) is 0 Å². The maximum Gasteiger partial charge on any atom is 0.332 e. The molecule has 1 aliphatic heterocycles. The Morgan fingerprint density at radius 2 is 1.63 bits per heavy atom. The number of rotatable bonds is 10. The van der Waals surface area contributed by atoms with Gasteiger partial charge in [-0.2, -0.15) is 0 Å².